The largest absolute Gasteiger partial charge is 0.483 e. The van der Waals surface area contributed by atoms with Crippen molar-refractivity contribution in [2.45, 2.75) is 135 Å². The number of unbranched alkanes of at least 4 members (excludes halogenated alkanes) is 1. The van der Waals surface area contributed by atoms with Crippen LogP contribution in [0.5, 0.6) is 0 Å². The van der Waals surface area contributed by atoms with Gasteiger partial charge in [-0.2, -0.15) is 0 Å². The van der Waals surface area contributed by atoms with Crippen LogP contribution >= 0.6 is 0 Å². The Balaban J connectivity index is 0.000000319. The lowest BCUT2D eigenvalue weighted by molar-refractivity contribution is -0.147. The Bertz CT molecular complexity index is 1960. The standard InChI is InChI=1S/C20H30N2O3.C13H19NO3.C10H12O.C9H16N2O2/c1-14(2)17-18(24-4)22-20(3,19(21-17)25-5)16(23)13-9-12-15-10-7-6-8-11-15;1-13(14,12(16)17)11(15)9-5-8-10-6-3-2-4-7-10;11-9-5-4-8-10-6-2-1-3-7-10;1-6(2)8-9(13-4)10-5-7(11-8)12-3/h6-8,10-11,14,16-17,23H,9,12-13H2,1-5H3;2-4,6-7,11,15H,5,8-9,14H2,1H3,(H,16,17);1-3,6-7,9H,4-5,8H2;6,8H,5H2,1-4H3/t16?,17-,20+;11?,13-;;8-/m10.1/s1. The maximum Gasteiger partial charge on any atom is 0.326 e. The van der Waals surface area contributed by atoms with Crippen molar-refractivity contribution in [3.8, 4) is 0 Å². The molecule has 364 valence electrons. The van der Waals surface area contributed by atoms with E-state index in [1.54, 1.807) is 28.4 Å². The summed E-state index contributed by atoms with van der Waals surface area (Å²) < 4.78 is 21.1. The van der Waals surface area contributed by atoms with E-state index in [0.29, 0.717) is 61.7 Å². The van der Waals surface area contributed by atoms with Crippen LogP contribution in [-0.4, -0.2) is 122 Å². The van der Waals surface area contributed by atoms with Gasteiger partial charge >= 0.3 is 5.97 Å². The summed E-state index contributed by atoms with van der Waals surface area (Å²) in [4.78, 5) is 38.8. The molecule has 0 radical (unpaired) electrons. The van der Waals surface area contributed by atoms with Crippen LogP contribution in [0.15, 0.2) is 111 Å². The number of rotatable bonds is 17. The molecule has 0 bridgehead atoms. The van der Waals surface area contributed by atoms with Gasteiger partial charge in [0.25, 0.3) is 0 Å². The van der Waals surface area contributed by atoms with Crippen LogP contribution < -0.4 is 5.73 Å². The number of carbonyl (C=O) groups excluding carboxylic acids is 1. The van der Waals surface area contributed by atoms with Crippen LogP contribution in [0.4, 0.5) is 0 Å². The number of aldehydes is 1. The van der Waals surface area contributed by atoms with Gasteiger partial charge in [0.2, 0.25) is 23.6 Å². The van der Waals surface area contributed by atoms with Gasteiger partial charge in [0.15, 0.2) is 5.54 Å². The summed E-state index contributed by atoms with van der Waals surface area (Å²) in [6.45, 7) is 12.0. The minimum atomic E-state index is -1.57. The minimum Gasteiger partial charge on any atom is -0.483 e. The zero-order valence-corrected chi connectivity index (χ0v) is 40.9. The number of ether oxygens (including phenoxy) is 4. The summed E-state index contributed by atoms with van der Waals surface area (Å²) in [7, 11) is 6.42. The molecule has 14 nitrogen and oxygen atoms in total. The van der Waals surface area contributed by atoms with Crippen molar-refractivity contribution in [3.05, 3.63) is 108 Å². The Labute approximate surface area is 393 Å². The summed E-state index contributed by atoms with van der Waals surface area (Å²) in [5.41, 5.74) is 6.80. The maximum atomic E-state index is 10.8. The third kappa shape index (κ3) is 18.8. The average Bonchev–Trinajstić information content (AvgIpc) is 3.32. The van der Waals surface area contributed by atoms with Crippen molar-refractivity contribution in [1.29, 1.82) is 0 Å². The lowest BCUT2D eigenvalue weighted by atomic mass is 9.88. The van der Waals surface area contributed by atoms with Gasteiger partial charge in [-0.05, 0) is 93.7 Å². The number of hydrogen-bond donors (Lipinski definition) is 4. The summed E-state index contributed by atoms with van der Waals surface area (Å²) >= 11 is 0. The van der Waals surface area contributed by atoms with Crippen LogP contribution in [0.25, 0.3) is 0 Å². The zero-order valence-electron chi connectivity index (χ0n) is 40.9. The minimum absolute atomic E-state index is 0.00806. The van der Waals surface area contributed by atoms with Gasteiger partial charge < -0.3 is 44.8 Å². The van der Waals surface area contributed by atoms with E-state index in [2.05, 4.69) is 66.9 Å². The van der Waals surface area contributed by atoms with Crippen molar-refractivity contribution < 1.29 is 43.9 Å². The highest BCUT2D eigenvalue weighted by Gasteiger charge is 2.45. The number of methoxy groups -OCH3 is 4. The number of aliphatic carboxylic acids is 1. The van der Waals surface area contributed by atoms with Gasteiger partial charge in [-0.3, -0.25) is 4.79 Å². The number of carboxylic acids is 1. The SMILES string of the molecule is COC1=N[C@@](C)(C(O)CCCc2ccccc2)C(OC)=N[C@@H]1C(C)C.COC1=N[C@H](C(C)C)C(OC)=NC1.C[C@@](N)(C(=O)O)C(O)CCCc1ccccc1.O=CCCCc1ccccc1. The number of nitrogens with two attached hydrogens (primary N) is 1. The molecule has 0 saturated carbocycles. The predicted octanol–water partition coefficient (Wildman–Crippen LogP) is 7.75. The van der Waals surface area contributed by atoms with Crippen LogP contribution in [0.3, 0.4) is 0 Å². The smallest absolute Gasteiger partial charge is 0.326 e. The van der Waals surface area contributed by atoms with Crippen molar-refractivity contribution >= 4 is 35.8 Å². The first-order valence-corrected chi connectivity index (χ1v) is 22.9. The third-order valence-electron chi connectivity index (χ3n) is 11.3. The number of hydrogen-bond acceptors (Lipinski definition) is 13. The van der Waals surface area contributed by atoms with E-state index in [-0.39, 0.29) is 18.0 Å². The quantitative estimate of drug-likeness (QED) is 0.0765. The molecule has 0 aromatic heterocycles. The van der Waals surface area contributed by atoms with Crippen LogP contribution in [0, 0.1) is 11.8 Å². The lowest BCUT2D eigenvalue weighted by Gasteiger charge is -2.36. The molecule has 3 aromatic rings. The summed E-state index contributed by atoms with van der Waals surface area (Å²) in [6.07, 6.45) is 6.22. The number of carbonyl (C=O) groups is 2. The molecule has 2 aliphatic rings. The van der Waals surface area contributed by atoms with Crippen LogP contribution in [-0.2, 0) is 47.8 Å². The number of carboxylic acid groups (broad SMARTS) is 1. The average molecular weight is 916 g/mol. The third-order valence-corrected chi connectivity index (χ3v) is 11.3. The second kappa shape index (κ2) is 30.0. The van der Waals surface area contributed by atoms with E-state index in [4.69, 9.17) is 34.8 Å². The number of aliphatic hydroxyl groups is 2. The molecule has 2 unspecified atom stereocenters. The molecule has 5 N–H and O–H groups in total. The number of nitrogens with zero attached hydrogens (tertiary/aromatic N) is 4. The lowest BCUT2D eigenvalue weighted by Crippen LogP contribution is -2.54. The van der Waals surface area contributed by atoms with Crippen molar-refractivity contribution in [2.75, 3.05) is 35.0 Å². The maximum absolute atomic E-state index is 10.8. The molecule has 66 heavy (non-hydrogen) atoms. The Hall–Kier alpha value is -5.44. The van der Waals surface area contributed by atoms with Crippen LogP contribution in [0.2, 0.25) is 0 Å². The first kappa shape index (κ1) is 56.7. The van der Waals surface area contributed by atoms with E-state index in [9.17, 15) is 19.8 Å². The molecule has 5 rings (SSSR count). The fourth-order valence-electron chi connectivity index (χ4n) is 7.01. The highest BCUT2D eigenvalue weighted by atomic mass is 16.5. The second-order valence-corrected chi connectivity index (χ2v) is 17.3. The number of benzene rings is 3. The molecule has 2 aliphatic heterocycles. The van der Waals surface area contributed by atoms with E-state index < -0.39 is 29.3 Å². The Morgan fingerprint density at radius 1 is 0.727 bits per heavy atom. The Kier molecular flexibility index (Phi) is 25.7. The van der Waals surface area contributed by atoms with Gasteiger partial charge in [-0.15, -0.1) is 0 Å². The normalized spacial score (nSPS) is 19.4. The predicted molar refractivity (Wildman–Crippen MR) is 265 cm³/mol. The topological polar surface area (TPSA) is 207 Å². The van der Waals surface area contributed by atoms with Crippen LogP contribution in [0.1, 0.15) is 96.8 Å². The number of aryl methyl sites for hydroxylation is 3. The summed E-state index contributed by atoms with van der Waals surface area (Å²) in [6, 6.07) is 30.2. The number of aliphatic hydroxyl groups excluding tert-OH is 2. The first-order chi connectivity index (χ1) is 31.5. The van der Waals surface area contributed by atoms with E-state index in [1.807, 2.05) is 73.7 Å². The van der Waals surface area contributed by atoms with Crippen molar-refractivity contribution in [1.82, 2.24) is 0 Å². The highest BCUT2D eigenvalue weighted by Crippen LogP contribution is 2.30. The summed E-state index contributed by atoms with van der Waals surface area (Å²) in [5, 5.41) is 29.4. The van der Waals surface area contributed by atoms with Gasteiger partial charge in [0.05, 0.1) is 40.6 Å². The Morgan fingerprint density at radius 3 is 1.59 bits per heavy atom. The molecular weight excluding hydrogens is 839 g/mol. The molecule has 6 atom stereocenters. The van der Waals surface area contributed by atoms with Crippen molar-refractivity contribution in [3.63, 3.8) is 0 Å². The second-order valence-electron chi connectivity index (χ2n) is 17.3. The molecular formula is C52H77N5O9. The zero-order chi connectivity index (χ0) is 49.1. The molecule has 3 aromatic carbocycles. The Morgan fingerprint density at radius 2 is 1.18 bits per heavy atom. The van der Waals surface area contributed by atoms with Gasteiger partial charge in [-0.25, -0.2) is 20.0 Å². The van der Waals surface area contributed by atoms with Gasteiger partial charge in [-0.1, -0.05) is 119 Å². The molecule has 0 aliphatic carbocycles. The molecule has 0 saturated heterocycles. The van der Waals surface area contributed by atoms with E-state index >= 15 is 0 Å². The highest BCUT2D eigenvalue weighted by molar-refractivity contribution is 5.97. The van der Waals surface area contributed by atoms with Gasteiger partial charge in [0.1, 0.15) is 30.5 Å². The fourth-order valence-corrected chi connectivity index (χ4v) is 7.01. The number of aliphatic imine (C=N–C) groups is 4. The monoisotopic (exact) mass is 916 g/mol. The molecule has 0 amide bonds. The molecule has 14 heteroatoms. The van der Waals surface area contributed by atoms with E-state index in [0.717, 1.165) is 38.4 Å². The summed E-state index contributed by atoms with van der Waals surface area (Å²) in [5.74, 6) is 1.85. The molecule has 0 fully saturated rings. The molecule has 2 heterocycles. The first-order valence-electron chi connectivity index (χ1n) is 22.9. The van der Waals surface area contributed by atoms with Gasteiger partial charge in [0, 0.05) is 6.42 Å². The molecule has 0 spiro atoms. The van der Waals surface area contributed by atoms with Crippen molar-refractivity contribution in [2.24, 2.45) is 37.5 Å². The van der Waals surface area contributed by atoms with E-state index in [1.165, 1.54) is 23.6 Å². The fraction of sp³-hybridized carbons (Fsp3) is 0.538.